The number of carbonyl (C=O) groups is 2. The van der Waals surface area contributed by atoms with Gasteiger partial charge in [-0.1, -0.05) is 60.1 Å². The highest BCUT2D eigenvalue weighted by molar-refractivity contribution is 6.32. The van der Waals surface area contributed by atoms with Crippen molar-refractivity contribution in [2.75, 3.05) is 0 Å². The fourth-order valence-corrected chi connectivity index (χ4v) is 3.60. The molecule has 0 atom stereocenters. The second kappa shape index (κ2) is 10.1. The second-order valence-corrected chi connectivity index (χ2v) is 7.79. The first-order valence-electron chi connectivity index (χ1n) is 10.3. The van der Waals surface area contributed by atoms with Crippen LogP contribution in [0.4, 0.5) is 4.39 Å². The molecule has 8 heteroatoms. The van der Waals surface area contributed by atoms with Crippen LogP contribution in [0.3, 0.4) is 0 Å². The molecular formula is C26H19ClFN3O3. The van der Waals surface area contributed by atoms with Gasteiger partial charge in [0.1, 0.15) is 11.6 Å². The number of rotatable bonds is 6. The molecule has 3 N–H and O–H groups in total. The summed E-state index contributed by atoms with van der Waals surface area (Å²) in [5, 5.41) is 17.7. The average Bonchev–Trinajstić information content (AvgIpc) is 2.85. The van der Waals surface area contributed by atoms with E-state index in [-0.39, 0.29) is 34.6 Å². The Hall–Kier alpha value is -4.23. The second-order valence-electron chi connectivity index (χ2n) is 7.39. The lowest BCUT2D eigenvalue weighted by molar-refractivity contribution is 0.0945. The van der Waals surface area contributed by atoms with Crippen molar-refractivity contribution in [2.45, 2.75) is 6.54 Å². The van der Waals surface area contributed by atoms with Crippen LogP contribution in [-0.4, -0.2) is 23.1 Å². The molecule has 0 saturated heterocycles. The molecule has 170 valence electrons. The number of nitrogens with zero attached hydrogens (tertiary/aromatic N) is 1. The molecule has 0 aliphatic heterocycles. The molecule has 0 aliphatic rings. The van der Waals surface area contributed by atoms with Crippen molar-refractivity contribution in [3.8, 4) is 5.75 Å². The lowest BCUT2D eigenvalue weighted by Gasteiger charge is -2.10. The predicted molar refractivity (Wildman–Crippen MR) is 130 cm³/mol. The standard InChI is InChI=1S/C26H19ClFN3O3/c27-22-13-16(10-12-24(22)32)25(33)31-30-15-17-9-11-21(20-7-3-2-6-19(17)20)26(34)29-14-18-5-1-4-8-23(18)28/h1-13,15,32H,14H2,(H,29,34)(H,31,33)/b30-15+. The van der Waals surface area contributed by atoms with E-state index in [2.05, 4.69) is 15.8 Å². The minimum Gasteiger partial charge on any atom is -0.506 e. The zero-order chi connectivity index (χ0) is 24.1. The van der Waals surface area contributed by atoms with Crippen molar-refractivity contribution >= 4 is 40.4 Å². The first-order chi connectivity index (χ1) is 16.4. The fourth-order valence-electron chi connectivity index (χ4n) is 3.42. The number of phenolic OH excluding ortho intramolecular Hbond substituents is 1. The summed E-state index contributed by atoms with van der Waals surface area (Å²) in [4.78, 5) is 25.1. The Morgan fingerprint density at radius 3 is 2.44 bits per heavy atom. The molecule has 6 nitrogen and oxygen atoms in total. The number of carbonyl (C=O) groups excluding carboxylic acids is 2. The Morgan fingerprint density at radius 1 is 0.941 bits per heavy atom. The van der Waals surface area contributed by atoms with Gasteiger partial charge in [0.15, 0.2) is 0 Å². The van der Waals surface area contributed by atoms with E-state index in [0.29, 0.717) is 22.1 Å². The molecule has 4 aromatic carbocycles. The Balaban J connectivity index is 1.52. The van der Waals surface area contributed by atoms with Crippen LogP contribution < -0.4 is 10.7 Å². The molecule has 34 heavy (non-hydrogen) atoms. The van der Waals surface area contributed by atoms with E-state index in [1.807, 2.05) is 24.3 Å². The molecule has 4 aromatic rings. The minimum absolute atomic E-state index is 0.0616. The van der Waals surface area contributed by atoms with Crippen LogP contribution in [0.5, 0.6) is 5.75 Å². The topological polar surface area (TPSA) is 90.8 Å². The molecule has 0 bridgehead atoms. The summed E-state index contributed by atoms with van der Waals surface area (Å²) in [5.74, 6) is -1.32. The monoisotopic (exact) mass is 475 g/mol. The Morgan fingerprint density at radius 2 is 1.68 bits per heavy atom. The highest BCUT2D eigenvalue weighted by Crippen LogP contribution is 2.24. The van der Waals surface area contributed by atoms with Crippen LogP contribution in [0.15, 0.2) is 84.0 Å². The molecule has 0 aliphatic carbocycles. The van der Waals surface area contributed by atoms with Crippen LogP contribution in [0.25, 0.3) is 10.8 Å². The normalized spacial score (nSPS) is 11.0. The zero-order valence-electron chi connectivity index (χ0n) is 17.8. The van der Waals surface area contributed by atoms with Crippen molar-refractivity contribution in [3.05, 3.63) is 112 Å². The number of hydrogen-bond acceptors (Lipinski definition) is 4. The van der Waals surface area contributed by atoms with E-state index in [1.54, 1.807) is 30.3 Å². The third-order valence-electron chi connectivity index (χ3n) is 5.18. The number of halogens is 2. The largest absolute Gasteiger partial charge is 0.506 e. The maximum atomic E-state index is 13.9. The third-order valence-corrected chi connectivity index (χ3v) is 5.48. The summed E-state index contributed by atoms with van der Waals surface area (Å²) in [7, 11) is 0. The number of fused-ring (bicyclic) bond motifs is 1. The first kappa shape index (κ1) is 22.9. The number of aromatic hydroxyl groups is 1. The number of amides is 2. The lowest BCUT2D eigenvalue weighted by Crippen LogP contribution is -2.23. The number of hydrogen-bond donors (Lipinski definition) is 3. The molecular weight excluding hydrogens is 457 g/mol. The van der Waals surface area contributed by atoms with Crippen molar-refractivity contribution in [1.82, 2.24) is 10.7 Å². The van der Waals surface area contributed by atoms with Gasteiger partial charge in [0, 0.05) is 28.8 Å². The van der Waals surface area contributed by atoms with Gasteiger partial charge in [-0.05, 0) is 41.1 Å². The molecule has 4 rings (SSSR count). The van der Waals surface area contributed by atoms with Crippen LogP contribution >= 0.6 is 11.6 Å². The smallest absolute Gasteiger partial charge is 0.271 e. The van der Waals surface area contributed by atoms with Gasteiger partial charge in [0.05, 0.1) is 11.2 Å². The highest BCUT2D eigenvalue weighted by atomic mass is 35.5. The van der Waals surface area contributed by atoms with Crippen molar-refractivity contribution in [3.63, 3.8) is 0 Å². The van der Waals surface area contributed by atoms with Crippen molar-refractivity contribution in [2.24, 2.45) is 5.10 Å². The SMILES string of the molecule is O=C(N/N=C/c1ccc(C(=O)NCc2ccccc2F)c2ccccc12)c1ccc(O)c(Cl)c1. The highest BCUT2D eigenvalue weighted by Gasteiger charge is 2.13. The van der Waals surface area contributed by atoms with E-state index in [9.17, 15) is 19.1 Å². The van der Waals surface area contributed by atoms with Gasteiger partial charge in [0.25, 0.3) is 11.8 Å². The molecule has 0 unspecified atom stereocenters. The number of phenols is 1. The maximum absolute atomic E-state index is 13.9. The summed E-state index contributed by atoms with van der Waals surface area (Å²) in [6, 6.07) is 21.0. The van der Waals surface area contributed by atoms with Gasteiger partial charge in [0.2, 0.25) is 0 Å². The summed E-state index contributed by atoms with van der Waals surface area (Å²) in [5.41, 5.74) is 4.18. The Labute approximate surface area is 199 Å². The lowest BCUT2D eigenvalue weighted by atomic mass is 9.99. The molecule has 0 spiro atoms. The van der Waals surface area contributed by atoms with E-state index in [4.69, 9.17) is 11.6 Å². The summed E-state index contributed by atoms with van der Waals surface area (Å²) >= 11 is 5.84. The average molecular weight is 476 g/mol. The summed E-state index contributed by atoms with van der Waals surface area (Å²) in [6.07, 6.45) is 1.48. The Kier molecular flexibility index (Phi) is 6.85. The van der Waals surface area contributed by atoms with Crippen LogP contribution in [0, 0.1) is 5.82 Å². The van der Waals surface area contributed by atoms with Crippen LogP contribution in [0.2, 0.25) is 5.02 Å². The van der Waals surface area contributed by atoms with Gasteiger partial charge in [-0.3, -0.25) is 9.59 Å². The molecule has 0 radical (unpaired) electrons. The molecule has 0 heterocycles. The fraction of sp³-hybridized carbons (Fsp3) is 0.0385. The predicted octanol–water partition coefficient (Wildman–Crippen LogP) is 5.03. The Bertz CT molecular complexity index is 1420. The minimum atomic E-state index is -0.494. The molecule has 0 aromatic heterocycles. The van der Waals surface area contributed by atoms with E-state index < -0.39 is 5.91 Å². The van der Waals surface area contributed by atoms with Gasteiger partial charge >= 0.3 is 0 Å². The van der Waals surface area contributed by atoms with Gasteiger partial charge in [-0.2, -0.15) is 5.10 Å². The summed E-state index contributed by atoms with van der Waals surface area (Å²) < 4.78 is 13.9. The van der Waals surface area contributed by atoms with Gasteiger partial charge in [-0.15, -0.1) is 0 Å². The van der Waals surface area contributed by atoms with Gasteiger partial charge in [-0.25, -0.2) is 9.82 Å². The number of benzene rings is 4. The molecule has 2 amide bonds. The van der Waals surface area contributed by atoms with Crippen molar-refractivity contribution in [1.29, 1.82) is 0 Å². The van der Waals surface area contributed by atoms with E-state index >= 15 is 0 Å². The van der Waals surface area contributed by atoms with Crippen LogP contribution in [-0.2, 0) is 6.54 Å². The van der Waals surface area contributed by atoms with Crippen LogP contribution in [0.1, 0.15) is 31.8 Å². The summed E-state index contributed by atoms with van der Waals surface area (Å²) in [6.45, 7) is 0.0658. The molecule has 0 fully saturated rings. The van der Waals surface area contributed by atoms with Gasteiger partial charge < -0.3 is 10.4 Å². The number of hydrazone groups is 1. The number of nitrogens with one attached hydrogen (secondary N) is 2. The quantitative estimate of drug-likeness (QED) is 0.270. The van der Waals surface area contributed by atoms with E-state index in [0.717, 1.165) is 5.39 Å². The van der Waals surface area contributed by atoms with Crippen molar-refractivity contribution < 1.29 is 19.1 Å². The zero-order valence-corrected chi connectivity index (χ0v) is 18.5. The maximum Gasteiger partial charge on any atom is 0.271 e. The first-order valence-corrected chi connectivity index (χ1v) is 10.7. The molecule has 0 saturated carbocycles. The third kappa shape index (κ3) is 5.05. The van der Waals surface area contributed by atoms with E-state index in [1.165, 1.54) is 30.5 Å².